The van der Waals surface area contributed by atoms with Crippen molar-refractivity contribution in [3.8, 4) is 5.75 Å². The number of nitrogens with one attached hydrogen (secondary N) is 1. The number of benzene rings is 2. The molecule has 2 aromatic rings. The van der Waals surface area contributed by atoms with Gasteiger partial charge in [0.2, 0.25) is 0 Å². The molecule has 0 spiro atoms. The van der Waals surface area contributed by atoms with Crippen molar-refractivity contribution in [2.75, 3.05) is 20.3 Å². The molecule has 0 aliphatic rings. The van der Waals surface area contributed by atoms with Gasteiger partial charge < -0.3 is 19.5 Å². The summed E-state index contributed by atoms with van der Waals surface area (Å²) in [5, 5.41) is 2.38. The Morgan fingerprint density at radius 1 is 1.07 bits per heavy atom. The molecule has 0 unspecified atom stereocenters. The van der Waals surface area contributed by atoms with Crippen molar-refractivity contribution in [3.05, 3.63) is 65.2 Å². The minimum Gasteiger partial charge on any atom is -0.491 e. The maximum Gasteiger partial charge on any atom is 0.419 e. The Kier molecular flexibility index (Phi) is 7.25. The molecule has 0 bridgehead atoms. The van der Waals surface area contributed by atoms with E-state index in [0.29, 0.717) is 6.07 Å². The van der Waals surface area contributed by atoms with Crippen molar-refractivity contribution >= 4 is 12.1 Å². The van der Waals surface area contributed by atoms with Crippen molar-refractivity contribution < 1.29 is 37.0 Å². The monoisotopic (exact) mass is 397 g/mol. The smallest absolute Gasteiger partial charge is 0.419 e. The van der Waals surface area contributed by atoms with Crippen LogP contribution in [0.3, 0.4) is 0 Å². The van der Waals surface area contributed by atoms with Gasteiger partial charge in [0.1, 0.15) is 19.0 Å². The number of alkyl halides is 3. The van der Waals surface area contributed by atoms with Gasteiger partial charge in [-0.3, -0.25) is 0 Å². The highest BCUT2D eigenvalue weighted by Crippen LogP contribution is 2.36. The first-order chi connectivity index (χ1) is 13.3. The van der Waals surface area contributed by atoms with Crippen molar-refractivity contribution in [1.29, 1.82) is 0 Å². The van der Waals surface area contributed by atoms with E-state index in [2.05, 4.69) is 10.1 Å². The molecule has 0 aliphatic carbocycles. The third-order valence-electron chi connectivity index (χ3n) is 3.55. The van der Waals surface area contributed by atoms with Gasteiger partial charge >= 0.3 is 18.2 Å². The predicted octanol–water partition coefficient (Wildman–Crippen LogP) is 3.80. The van der Waals surface area contributed by atoms with Gasteiger partial charge in [0.25, 0.3) is 0 Å². The Morgan fingerprint density at radius 2 is 1.79 bits per heavy atom. The lowest BCUT2D eigenvalue weighted by molar-refractivity contribution is -0.139. The molecule has 0 fully saturated rings. The fourth-order valence-corrected chi connectivity index (χ4v) is 2.21. The highest BCUT2D eigenvalue weighted by atomic mass is 19.4. The molecule has 150 valence electrons. The summed E-state index contributed by atoms with van der Waals surface area (Å²) >= 11 is 0. The van der Waals surface area contributed by atoms with Crippen LogP contribution in [0.15, 0.2) is 48.5 Å². The summed E-state index contributed by atoms with van der Waals surface area (Å²) in [4.78, 5) is 23.0. The third-order valence-corrected chi connectivity index (χ3v) is 3.55. The SMILES string of the molecule is COC(=O)c1ccc(OCCNC(=O)OCc2ccccc2)c(C(F)(F)F)c1. The van der Waals surface area contributed by atoms with Crippen LogP contribution in [0.25, 0.3) is 0 Å². The van der Waals surface area contributed by atoms with Gasteiger partial charge in [0.15, 0.2) is 0 Å². The molecule has 1 amide bonds. The average Bonchev–Trinajstić information content (AvgIpc) is 2.69. The van der Waals surface area contributed by atoms with E-state index in [1.807, 2.05) is 6.07 Å². The molecule has 0 radical (unpaired) electrons. The number of rotatable bonds is 7. The first kappa shape index (κ1) is 21.1. The minimum atomic E-state index is -4.72. The topological polar surface area (TPSA) is 73.9 Å². The number of carbonyl (C=O) groups excluding carboxylic acids is 2. The second-order valence-electron chi connectivity index (χ2n) is 5.54. The van der Waals surface area contributed by atoms with Gasteiger partial charge in [-0.2, -0.15) is 13.2 Å². The number of ether oxygens (including phenoxy) is 3. The average molecular weight is 397 g/mol. The number of hydrogen-bond donors (Lipinski definition) is 1. The van der Waals surface area contributed by atoms with Crippen LogP contribution in [0.5, 0.6) is 5.75 Å². The fraction of sp³-hybridized carbons (Fsp3) is 0.263. The van der Waals surface area contributed by atoms with Gasteiger partial charge in [-0.1, -0.05) is 30.3 Å². The van der Waals surface area contributed by atoms with Gasteiger partial charge in [0, 0.05) is 0 Å². The molecule has 2 rings (SSSR count). The van der Waals surface area contributed by atoms with E-state index < -0.39 is 29.6 Å². The molecular weight excluding hydrogens is 379 g/mol. The molecule has 2 aromatic carbocycles. The lowest BCUT2D eigenvalue weighted by atomic mass is 10.1. The largest absolute Gasteiger partial charge is 0.491 e. The number of esters is 1. The highest BCUT2D eigenvalue weighted by Gasteiger charge is 2.35. The maximum absolute atomic E-state index is 13.2. The molecule has 0 heterocycles. The molecule has 1 N–H and O–H groups in total. The third kappa shape index (κ3) is 6.19. The quantitative estimate of drug-likeness (QED) is 0.568. The van der Waals surface area contributed by atoms with Crippen molar-refractivity contribution in [2.24, 2.45) is 0 Å². The summed E-state index contributed by atoms with van der Waals surface area (Å²) < 4.78 is 54.0. The zero-order valence-corrected chi connectivity index (χ0v) is 14.9. The summed E-state index contributed by atoms with van der Waals surface area (Å²) in [5.74, 6) is -1.35. The molecular formula is C19H18F3NO5. The summed E-state index contributed by atoms with van der Waals surface area (Å²) in [6, 6.07) is 11.8. The van der Waals surface area contributed by atoms with Gasteiger partial charge in [-0.15, -0.1) is 0 Å². The second-order valence-corrected chi connectivity index (χ2v) is 5.54. The molecule has 9 heteroatoms. The molecule has 6 nitrogen and oxygen atoms in total. The molecule has 0 aromatic heterocycles. The number of carbonyl (C=O) groups is 2. The van der Waals surface area contributed by atoms with Crippen molar-refractivity contribution in [3.63, 3.8) is 0 Å². The lowest BCUT2D eigenvalue weighted by Crippen LogP contribution is -2.28. The fourth-order valence-electron chi connectivity index (χ4n) is 2.21. The molecule has 0 atom stereocenters. The molecule has 28 heavy (non-hydrogen) atoms. The van der Waals surface area contributed by atoms with E-state index in [1.54, 1.807) is 24.3 Å². The summed E-state index contributed by atoms with van der Waals surface area (Å²) in [6.45, 7) is -0.217. The van der Waals surface area contributed by atoms with Gasteiger partial charge in [0.05, 0.1) is 24.8 Å². The van der Waals surface area contributed by atoms with Crippen LogP contribution in [0.4, 0.5) is 18.0 Å². The Morgan fingerprint density at radius 3 is 2.43 bits per heavy atom. The molecule has 0 saturated heterocycles. The van der Waals surface area contributed by atoms with Crippen LogP contribution < -0.4 is 10.1 Å². The van der Waals surface area contributed by atoms with E-state index in [-0.39, 0.29) is 25.3 Å². The maximum atomic E-state index is 13.2. The van der Waals surface area contributed by atoms with Crippen LogP contribution in [0.1, 0.15) is 21.5 Å². The first-order valence-corrected chi connectivity index (χ1v) is 8.18. The number of methoxy groups -OCH3 is 1. The predicted molar refractivity (Wildman–Crippen MR) is 92.9 cm³/mol. The van der Waals surface area contributed by atoms with Crippen LogP contribution in [-0.4, -0.2) is 32.3 Å². The van der Waals surface area contributed by atoms with E-state index in [0.717, 1.165) is 24.8 Å². The van der Waals surface area contributed by atoms with E-state index in [4.69, 9.17) is 9.47 Å². The number of hydrogen-bond acceptors (Lipinski definition) is 5. The molecule has 0 saturated carbocycles. The summed E-state index contributed by atoms with van der Waals surface area (Å²) in [7, 11) is 1.07. The molecule has 0 aliphatic heterocycles. The summed E-state index contributed by atoms with van der Waals surface area (Å²) in [5.41, 5.74) is -0.554. The zero-order valence-electron chi connectivity index (χ0n) is 14.9. The van der Waals surface area contributed by atoms with Crippen LogP contribution in [-0.2, 0) is 22.3 Å². The minimum absolute atomic E-state index is 0.0658. The van der Waals surface area contributed by atoms with Gasteiger partial charge in [-0.05, 0) is 23.8 Å². The van der Waals surface area contributed by atoms with E-state index in [1.165, 1.54) is 0 Å². The summed E-state index contributed by atoms with van der Waals surface area (Å²) in [6.07, 6.45) is -5.44. The van der Waals surface area contributed by atoms with Crippen molar-refractivity contribution in [1.82, 2.24) is 5.32 Å². The number of alkyl carbamates (subject to hydrolysis) is 1. The van der Waals surface area contributed by atoms with E-state index >= 15 is 0 Å². The van der Waals surface area contributed by atoms with Crippen LogP contribution >= 0.6 is 0 Å². The van der Waals surface area contributed by atoms with Crippen LogP contribution in [0.2, 0.25) is 0 Å². The highest BCUT2D eigenvalue weighted by molar-refractivity contribution is 5.89. The second kappa shape index (κ2) is 9.63. The first-order valence-electron chi connectivity index (χ1n) is 8.18. The standard InChI is InChI=1S/C19H18F3NO5/c1-26-17(24)14-7-8-16(15(11-14)19(20,21)22)27-10-9-23-18(25)28-12-13-5-3-2-4-6-13/h2-8,11H,9-10,12H2,1H3,(H,23,25). The number of halogens is 3. The van der Waals surface area contributed by atoms with Gasteiger partial charge in [-0.25, -0.2) is 9.59 Å². The Balaban J connectivity index is 1.86. The number of amides is 1. The zero-order chi connectivity index (χ0) is 20.6. The van der Waals surface area contributed by atoms with Crippen LogP contribution in [0, 0.1) is 0 Å². The Bertz CT molecular complexity index is 809. The lowest BCUT2D eigenvalue weighted by Gasteiger charge is -2.15. The van der Waals surface area contributed by atoms with E-state index in [9.17, 15) is 22.8 Å². The normalized spacial score (nSPS) is 10.9. The van der Waals surface area contributed by atoms with Crippen molar-refractivity contribution in [2.45, 2.75) is 12.8 Å². The Labute approximate surface area is 159 Å². The Hall–Kier alpha value is -3.23.